The predicted octanol–water partition coefficient (Wildman–Crippen LogP) is 3.22. The molecule has 0 aliphatic carbocycles. The van der Waals surface area contributed by atoms with E-state index in [1.54, 1.807) is 14.0 Å². The van der Waals surface area contributed by atoms with Gasteiger partial charge in [-0.25, -0.2) is 23.1 Å². The molecule has 0 fully saturated rings. The molecule has 1 aromatic carbocycles. The zero-order valence-corrected chi connectivity index (χ0v) is 10.7. The number of nitrogens with one attached hydrogen (secondary N) is 1. The van der Waals surface area contributed by atoms with E-state index in [9.17, 15) is 13.2 Å². The Morgan fingerprint density at radius 1 is 1.00 bits per heavy atom. The van der Waals surface area contributed by atoms with Gasteiger partial charge in [0.05, 0.1) is 0 Å². The fourth-order valence-electron chi connectivity index (χ4n) is 1.69. The Hall–Kier alpha value is -2.11. The molecule has 0 saturated carbocycles. The topological polar surface area (TPSA) is 37.8 Å². The Balaban J connectivity index is 2.62. The molecule has 1 aromatic heterocycles. The second-order valence-electron chi connectivity index (χ2n) is 4.11. The first-order valence-electron chi connectivity index (χ1n) is 5.62. The van der Waals surface area contributed by atoms with Crippen LogP contribution in [0.25, 0.3) is 11.4 Å². The van der Waals surface area contributed by atoms with Gasteiger partial charge >= 0.3 is 0 Å². The third-order valence-corrected chi connectivity index (χ3v) is 2.87. The van der Waals surface area contributed by atoms with E-state index in [1.807, 2.05) is 6.92 Å². The van der Waals surface area contributed by atoms with Crippen LogP contribution in [0.1, 0.15) is 11.3 Å². The van der Waals surface area contributed by atoms with Crippen molar-refractivity contribution < 1.29 is 13.2 Å². The molecule has 0 aliphatic rings. The summed E-state index contributed by atoms with van der Waals surface area (Å²) in [6.45, 7) is 3.59. The van der Waals surface area contributed by atoms with E-state index in [4.69, 9.17) is 0 Å². The fraction of sp³-hybridized carbons (Fsp3) is 0.231. The number of halogens is 3. The Morgan fingerprint density at radius 3 is 2.11 bits per heavy atom. The van der Waals surface area contributed by atoms with Crippen LogP contribution in [-0.2, 0) is 0 Å². The summed E-state index contributed by atoms with van der Waals surface area (Å²) < 4.78 is 39.3. The van der Waals surface area contributed by atoms with E-state index >= 15 is 0 Å². The molecule has 3 nitrogen and oxygen atoms in total. The summed E-state index contributed by atoms with van der Waals surface area (Å²) in [5.41, 5.74) is 1.62. The Kier molecular flexibility index (Phi) is 3.42. The lowest BCUT2D eigenvalue weighted by Gasteiger charge is -2.10. The average molecular weight is 267 g/mol. The molecule has 1 N–H and O–H groups in total. The highest BCUT2D eigenvalue weighted by molar-refractivity contribution is 5.59. The molecule has 2 aromatic rings. The minimum absolute atomic E-state index is 0.0935. The first-order chi connectivity index (χ1) is 8.93. The maximum Gasteiger partial charge on any atom is 0.194 e. The molecular formula is C13H12F3N3. The summed E-state index contributed by atoms with van der Waals surface area (Å²) in [6.07, 6.45) is 0. The number of hydrogen-bond donors (Lipinski definition) is 1. The van der Waals surface area contributed by atoms with Gasteiger partial charge in [-0.2, -0.15) is 0 Å². The fourth-order valence-corrected chi connectivity index (χ4v) is 1.69. The van der Waals surface area contributed by atoms with Gasteiger partial charge in [0.25, 0.3) is 0 Å². The largest absolute Gasteiger partial charge is 0.373 e. The predicted molar refractivity (Wildman–Crippen MR) is 66.4 cm³/mol. The van der Waals surface area contributed by atoms with Gasteiger partial charge in [0.2, 0.25) is 0 Å². The quantitative estimate of drug-likeness (QED) is 0.849. The zero-order chi connectivity index (χ0) is 14.2. The number of hydrogen-bond acceptors (Lipinski definition) is 3. The molecule has 100 valence electrons. The first kappa shape index (κ1) is 13.3. The third kappa shape index (κ3) is 2.38. The van der Waals surface area contributed by atoms with Crippen molar-refractivity contribution in [2.24, 2.45) is 0 Å². The molecule has 0 bridgehead atoms. The minimum Gasteiger partial charge on any atom is -0.373 e. The lowest BCUT2D eigenvalue weighted by atomic mass is 10.1. The Bertz CT molecular complexity index is 618. The summed E-state index contributed by atoms with van der Waals surface area (Å²) >= 11 is 0. The van der Waals surface area contributed by atoms with Crippen molar-refractivity contribution in [1.29, 1.82) is 0 Å². The maximum atomic E-state index is 13.2. The van der Waals surface area contributed by atoms with Crippen LogP contribution in [0.15, 0.2) is 12.1 Å². The van der Waals surface area contributed by atoms with Gasteiger partial charge in [-0.3, -0.25) is 0 Å². The van der Waals surface area contributed by atoms with Gasteiger partial charge in [-0.1, -0.05) is 0 Å². The molecule has 0 radical (unpaired) electrons. The lowest BCUT2D eigenvalue weighted by Crippen LogP contribution is -2.03. The van der Waals surface area contributed by atoms with E-state index in [0.29, 0.717) is 11.5 Å². The first-order valence-corrected chi connectivity index (χ1v) is 5.62. The summed E-state index contributed by atoms with van der Waals surface area (Å²) in [7, 11) is 1.68. The molecule has 0 atom stereocenters. The summed E-state index contributed by atoms with van der Waals surface area (Å²) in [4.78, 5) is 8.31. The summed E-state index contributed by atoms with van der Waals surface area (Å²) in [5, 5.41) is 2.87. The number of rotatable bonds is 2. The molecule has 2 rings (SSSR count). The van der Waals surface area contributed by atoms with Crippen molar-refractivity contribution in [3.63, 3.8) is 0 Å². The van der Waals surface area contributed by atoms with Crippen LogP contribution >= 0.6 is 0 Å². The number of anilines is 1. The molecule has 0 saturated heterocycles. The highest BCUT2D eigenvalue weighted by Crippen LogP contribution is 2.24. The van der Waals surface area contributed by atoms with E-state index in [1.165, 1.54) is 0 Å². The van der Waals surface area contributed by atoms with Gasteiger partial charge in [0.1, 0.15) is 5.82 Å². The van der Waals surface area contributed by atoms with E-state index in [0.717, 1.165) is 17.7 Å². The minimum atomic E-state index is -1.50. The number of nitrogens with zero attached hydrogens (tertiary/aromatic N) is 2. The molecule has 0 amide bonds. The van der Waals surface area contributed by atoms with Crippen LogP contribution in [0, 0.1) is 31.3 Å². The van der Waals surface area contributed by atoms with Gasteiger partial charge < -0.3 is 5.32 Å². The number of aryl methyl sites for hydroxylation is 1. The van der Waals surface area contributed by atoms with E-state index < -0.39 is 17.5 Å². The van der Waals surface area contributed by atoms with Crippen LogP contribution in [-0.4, -0.2) is 17.0 Å². The van der Waals surface area contributed by atoms with Gasteiger partial charge in [0.15, 0.2) is 23.3 Å². The van der Waals surface area contributed by atoms with Crippen molar-refractivity contribution in [3.8, 4) is 11.4 Å². The highest BCUT2D eigenvalue weighted by atomic mass is 19.2. The lowest BCUT2D eigenvalue weighted by molar-refractivity contribution is 0.447. The van der Waals surface area contributed by atoms with Crippen LogP contribution < -0.4 is 5.32 Å². The van der Waals surface area contributed by atoms with Crippen LogP contribution in [0.3, 0.4) is 0 Å². The van der Waals surface area contributed by atoms with Gasteiger partial charge in [0, 0.05) is 23.9 Å². The number of aromatic nitrogens is 2. The van der Waals surface area contributed by atoms with Gasteiger partial charge in [-0.05, 0) is 26.0 Å². The van der Waals surface area contributed by atoms with Crippen molar-refractivity contribution in [1.82, 2.24) is 9.97 Å². The van der Waals surface area contributed by atoms with Crippen LogP contribution in [0.2, 0.25) is 0 Å². The van der Waals surface area contributed by atoms with Crippen molar-refractivity contribution in [2.45, 2.75) is 13.8 Å². The Labute approximate surface area is 108 Å². The smallest absolute Gasteiger partial charge is 0.194 e. The second-order valence-corrected chi connectivity index (χ2v) is 4.11. The summed E-state index contributed by atoms with van der Waals surface area (Å²) in [5.74, 6) is -3.31. The van der Waals surface area contributed by atoms with Crippen molar-refractivity contribution >= 4 is 5.82 Å². The third-order valence-electron chi connectivity index (χ3n) is 2.87. The Morgan fingerprint density at radius 2 is 1.58 bits per heavy atom. The van der Waals surface area contributed by atoms with Crippen molar-refractivity contribution in [2.75, 3.05) is 12.4 Å². The van der Waals surface area contributed by atoms with Crippen LogP contribution in [0.4, 0.5) is 19.0 Å². The average Bonchev–Trinajstić information content (AvgIpc) is 2.38. The standard InChI is InChI=1S/C13H12F3N3/c1-6-7(2)18-13(19-12(6)17-3)8-4-9(14)11(16)10(15)5-8/h4-5H,1-3H3,(H,17,18,19). The molecule has 1 heterocycles. The van der Waals surface area contributed by atoms with Crippen molar-refractivity contribution in [3.05, 3.63) is 40.8 Å². The second kappa shape index (κ2) is 4.87. The maximum absolute atomic E-state index is 13.2. The molecule has 6 heteroatoms. The molecule has 0 spiro atoms. The normalized spacial score (nSPS) is 10.6. The molecule has 19 heavy (non-hydrogen) atoms. The van der Waals surface area contributed by atoms with E-state index in [-0.39, 0.29) is 11.4 Å². The molecule has 0 unspecified atom stereocenters. The highest BCUT2D eigenvalue weighted by Gasteiger charge is 2.15. The van der Waals surface area contributed by atoms with Crippen LogP contribution in [0.5, 0.6) is 0 Å². The van der Waals surface area contributed by atoms with E-state index in [2.05, 4.69) is 15.3 Å². The SMILES string of the molecule is CNc1nc(-c2cc(F)c(F)c(F)c2)nc(C)c1C. The number of benzene rings is 1. The van der Waals surface area contributed by atoms with Gasteiger partial charge in [-0.15, -0.1) is 0 Å². The monoisotopic (exact) mass is 267 g/mol. The zero-order valence-electron chi connectivity index (χ0n) is 10.7. The molecule has 0 aliphatic heterocycles. The molecular weight excluding hydrogens is 255 g/mol. The summed E-state index contributed by atoms with van der Waals surface area (Å²) in [6, 6.07) is 1.75.